The second-order valence-electron chi connectivity index (χ2n) is 9.75. The molecular formula is C25H25F3N4O4S. The van der Waals surface area contributed by atoms with E-state index in [-0.39, 0.29) is 23.0 Å². The lowest BCUT2D eigenvalue weighted by molar-refractivity contribution is -0.181. The van der Waals surface area contributed by atoms with E-state index in [9.17, 15) is 27.9 Å². The molecule has 0 radical (unpaired) electrons. The summed E-state index contributed by atoms with van der Waals surface area (Å²) in [6.45, 7) is 5.07. The minimum absolute atomic E-state index is 0.0425. The van der Waals surface area contributed by atoms with E-state index in [0.29, 0.717) is 17.0 Å². The Morgan fingerprint density at radius 2 is 1.97 bits per heavy atom. The number of benzene rings is 1. The summed E-state index contributed by atoms with van der Waals surface area (Å²) in [6.07, 6.45) is -3.27. The molecule has 1 aliphatic rings. The molecule has 2 aromatic heterocycles. The number of imidazole rings is 1. The Bertz CT molecular complexity index is 1440. The van der Waals surface area contributed by atoms with Gasteiger partial charge >= 0.3 is 6.18 Å². The number of nitrogens with one attached hydrogen (secondary N) is 1. The number of thiazole rings is 1. The van der Waals surface area contributed by atoms with Crippen LogP contribution in [0.15, 0.2) is 29.8 Å². The van der Waals surface area contributed by atoms with Crippen LogP contribution in [0.1, 0.15) is 49.4 Å². The van der Waals surface area contributed by atoms with E-state index in [0.717, 1.165) is 25.2 Å². The smallest absolute Gasteiger partial charge is 0.399 e. The predicted octanol–water partition coefficient (Wildman–Crippen LogP) is 3.51. The van der Waals surface area contributed by atoms with Gasteiger partial charge in [0.15, 0.2) is 4.96 Å². The number of nitrogens with zero attached hydrogens (tertiary/aromatic N) is 3. The van der Waals surface area contributed by atoms with Gasteiger partial charge in [0.25, 0.3) is 11.8 Å². The summed E-state index contributed by atoms with van der Waals surface area (Å²) in [4.78, 5) is 31.8. The van der Waals surface area contributed by atoms with Crippen molar-refractivity contribution in [1.29, 1.82) is 0 Å². The Morgan fingerprint density at radius 3 is 2.62 bits per heavy atom. The van der Waals surface area contributed by atoms with Gasteiger partial charge in [-0.15, -0.1) is 11.3 Å². The molecule has 0 aliphatic carbocycles. The second-order valence-corrected chi connectivity index (χ2v) is 10.6. The molecule has 0 spiro atoms. The number of hydrogen-bond donors (Lipinski definition) is 2. The minimum Gasteiger partial charge on any atom is -0.489 e. The number of anilines is 1. The molecule has 4 rings (SSSR count). The zero-order valence-corrected chi connectivity index (χ0v) is 21.5. The first kappa shape index (κ1) is 26.5. The first-order valence-electron chi connectivity index (χ1n) is 11.2. The van der Waals surface area contributed by atoms with Crippen LogP contribution in [0.2, 0.25) is 0 Å². The monoisotopic (exact) mass is 534 g/mol. The molecule has 196 valence electrons. The van der Waals surface area contributed by atoms with E-state index >= 15 is 0 Å². The second kappa shape index (κ2) is 9.08. The molecule has 0 fully saturated rings. The summed E-state index contributed by atoms with van der Waals surface area (Å²) < 4.78 is 47.7. The highest BCUT2D eigenvalue weighted by molar-refractivity contribution is 7.15. The molecular weight excluding hydrogens is 509 g/mol. The molecule has 0 unspecified atom stereocenters. The van der Waals surface area contributed by atoms with Crippen molar-refractivity contribution in [2.75, 3.05) is 18.6 Å². The van der Waals surface area contributed by atoms with E-state index in [1.54, 1.807) is 32.0 Å². The molecule has 1 aromatic carbocycles. The fraction of sp³-hybridized carbons (Fsp3) is 0.400. The Balaban J connectivity index is 1.55. The largest absolute Gasteiger partial charge is 0.489 e. The lowest BCUT2D eigenvalue weighted by Crippen LogP contribution is -2.49. The van der Waals surface area contributed by atoms with Crippen molar-refractivity contribution >= 4 is 33.8 Å². The predicted molar refractivity (Wildman–Crippen MR) is 132 cm³/mol. The summed E-state index contributed by atoms with van der Waals surface area (Å²) in [7, 11) is 1.53. The molecule has 0 saturated carbocycles. The number of amides is 2. The Labute approximate surface area is 215 Å². The van der Waals surface area contributed by atoms with Crippen LogP contribution in [0.4, 0.5) is 18.9 Å². The van der Waals surface area contributed by atoms with E-state index in [1.807, 2.05) is 0 Å². The van der Waals surface area contributed by atoms with Crippen LogP contribution < -0.4 is 15.0 Å². The fourth-order valence-corrected chi connectivity index (χ4v) is 4.67. The van der Waals surface area contributed by atoms with E-state index < -0.39 is 35.0 Å². The summed E-state index contributed by atoms with van der Waals surface area (Å²) in [5.41, 5.74) is -2.51. The molecule has 1 aliphatic heterocycles. The maximum absolute atomic E-state index is 13.6. The van der Waals surface area contributed by atoms with Crippen molar-refractivity contribution in [3.8, 4) is 17.6 Å². The van der Waals surface area contributed by atoms with Gasteiger partial charge in [0.1, 0.15) is 35.1 Å². The van der Waals surface area contributed by atoms with Crippen molar-refractivity contribution in [3.05, 3.63) is 46.7 Å². The molecule has 8 nitrogen and oxygen atoms in total. The number of aliphatic hydroxyl groups is 1. The molecule has 12 heteroatoms. The number of carbonyl (C=O) groups excluding carboxylic acids is 2. The molecule has 3 aromatic rings. The Kier molecular flexibility index (Phi) is 6.50. The van der Waals surface area contributed by atoms with E-state index in [4.69, 9.17) is 4.74 Å². The lowest BCUT2D eigenvalue weighted by Gasteiger charge is -2.27. The third-order valence-corrected chi connectivity index (χ3v) is 6.80. The first-order chi connectivity index (χ1) is 17.1. The maximum atomic E-state index is 13.6. The highest BCUT2D eigenvalue weighted by Gasteiger charge is 2.50. The number of halogens is 3. The van der Waals surface area contributed by atoms with Gasteiger partial charge in [-0.2, -0.15) is 13.2 Å². The van der Waals surface area contributed by atoms with Crippen molar-refractivity contribution in [2.45, 2.75) is 50.9 Å². The van der Waals surface area contributed by atoms with Crippen LogP contribution in [-0.4, -0.2) is 57.8 Å². The van der Waals surface area contributed by atoms with Gasteiger partial charge in [0.05, 0.1) is 5.69 Å². The zero-order chi connectivity index (χ0) is 27.3. The standard InChI is InChI=1S/C25H25F3N4O4S/c1-23(2,35)9-8-14-6-7-18-17(10-14)31(5)21(34)16(12-36-18)29-20(33)15-11-32-19(13-37-22(32)30-15)24(3,4)25(26,27)28/h6-7,10-11,13,16,35H,12H2,1-5H3,(H,29,33)/t16-/m0/s1. The summed E-state index contributed by atoms with van der Waals surface area (Å²) in [5.74, 6) is 4.78. The van der Waals surface area contributed by atoms with Crippen molar-refractivity contribution in [3.63, 3.8) is 0 Å². The van der Waals surface area contributed by atoms with Crippen molar-refractivity contribution in [1.82, 2.24) is 14.7 Å². The Morgan fingerprint density at radius 1 is 1.27 bits per heavy atom. The highest BCUT2D eigenvalue weighted by atomic mass is 32.1. The van der Waals surface area contributed by atoms with Crippen LogP contribution in [-0.2, 0) is 10.2 Å². The number of rotatable bonds is 3. The van der Waals surface area contributed by atoms with Gasteiger partial charge in [0.2, 0.25) is 0 Å². The van der Waals surface area contributed by atoms with Crippen LogP contribution in [0.25, 0.3) is 4.96 Å². The number of alkyl halides is 3. The number of ether oxygens (including phenoxy) is 1. The third kappa shape index (κ3) is 5.14. The van der Waals surface area contributed by atoms with Gasteiger partial charge in [-0.3, -0.25) is 14.0 Å². The summed E-state index contributed by atoms with van der Waals surface area (Å²) in [5, 5.41) is 13.8. The fourth-order valence-electron chi connectivity index (χ4n) is 3.62. The number of hydrogen-bond acceptors (Lipinski definition) is 6. The molecule has 0 bridgehead atoms. The first-order valence-corrected chi connectivity index (χ1v) is 12.1. The maximum Gasteiger partial charge on any atom is 0.399 e. The van der Waals surface area contributed by atoms with Crippen LogP contribution in [0, 0.1) is 11.8 Å². The van der Waals surface area contributed by atoms with Crippen LogP contribution >= 0.6 is 11.3 Å². The van der Waals surface area contributed by atoms with Gasteiger partial charge in [-0.05, 0) is 45.9 Å². The van der Waals surface area contributed by atoms with Gasteiger partial charge in [-0.25, -0.2) is 4.98 Å². The quantitative estimate of drug-likeness (QED) is 0.502. The normalized spacial score (nSPS) is 16.5. The molecule has 37 heavy (non-hydrogen) atoms. The Hall–Kier alpha value is -3.56. The minimum atomic E-state index is -4.50. The number of aromatic nitrogens is 2. The van der Waals surface area contributed by atoms with Crippen LogP contribution in [0.3, 0.4) is 0 Å². The van der Waals surface area contributed by atoms with Gasteiger partial charge in [-0.1, -0.05) is 11.8 Å². The van der Waals surface area contributed by atoms with Gasteiger partial charge < -0.3 is 20.1 Å². The van der Waals surface area contributed by atoms with Crippen LogP contribution in [0.5, 0.6) is 5.75 Å². The van der Waals surface area contributed by atoms with E-state index in [1.165, 1.54) is 27.9 Å². The number of carbonyl (C=O) groups is 2. The molecule has 0 saturated heterocycles. The number of fused-ring (bicyclic) bond motifs is 2. The van der Waals surface area contributed by atoms with Gasteiger partial charge in [0, 0.05) is 29.9 Å². The van der Waals surface area contributed by atoms with Crippen molar-refractivity contribution in [2.24, 2.45) is 0 Å². The SMILES string of the molecule is CN1C(=O)[C@@H](NC(=O)c2cn3c(C(C)(C)C(F)(F)F)csc3n2)COc2ccc(C#CC(C)(C)O)cc21. The van der Waals surface area contributed by atoms with E-state index in [2.05, 4.69) is 22.1 Å². The summed E-state index contributed by atoms with van der Waals surface area (Å²) >= 11 is 0.989. The molecule has 2 N–H and O–H groups in total. The third-order valence-electron chi connectivity index (χ3n) is 5.96. The lowest BCUT2D eigenvalue weighted by atomic mass is 9.89. The van der Waals surface area contributed by atoms with Crippen molar-refractivity contribution < 1.29 is 32.6 Å². The average Bonchev–Trinajstić information content (AvgIpc) is 3.36. The zero-order valence-electron chi connectivity index (χ0n) is 20.7. The molecule has 2 amide bonds. The number of likely N-dealkylation sites (N-methyl/N-ethyl adjacent to an activating group) is 1. The average molecular weight is 535 g/mol. The summed E-state index contributed by atoms with van der Waals surface area (Å²) in [6, 6.07) is 3.91. The topological polar surface area (TPSA) is 96.2 Å². The molecule has 3 heterocycles. The molecule has 1 atom stereocenters. The highest BCUT2D eigenvalue weighted by Crippen LogP contribution is 2.41.